The van der Waals surface area contributed by atoms with E-state index in [0.29, 0.717) is 27.8 Å². The second-order valence-electron chi connectivity index (χ2n) is 11.3. The molecule has 0 saturated heterocycles. The first-order chi connectivity index (χ1) is 24.9. The van der Waals surface area contributed by atoms with Crippen LogP contribution in [0.2, 0.25) is 0 Å². The first kappa shape index (κ1) is 34.9. The lowest BCUT2D eigenvalue weighted by Crippen LogP contribution is -2.30. The fourth-order valence-electron chi connectivity index (χ4n) is 5.13. The Hall–Kier alpha value is -5.97. The van der Waals surface area contributed by atoms with Gasteiger partial charge in [-0.15, -0.1) is 23.1 Å². The highest BCUT2D eigenvalue weighted by molar-refractivity contribution is 8.00. The molecule has 1 unspecified atom stereocenters. The molecule has 0 aliphatic heterocycles. The van der Waals surface area contributed by atoms with E-state index in [2.05, 4.69) is 20.9 Å². The maximum atomic E-state index is 13.7. The van der Waals surface area contributed by atoms with E-state index in [1.165, 1.54) is 23.1 Å². The quantitative estimate of drug-likeness (QED) is 0.0864. The number of aromatic nitrogens is 1. The molecule has 1 aromatic heterocycles. The van der Waals surface area contributed by atoms with E-state index >= 15 is 0 Å². The summed E-state index contributed by atoms with van der Waals surface area (Å²) in [5.74, 6) is -0.399. The molecule has 1 heterocycles. The van der Waals surface area contributed by atoms with Gasteiger partial charge in [0.15, 0.2) is 5.13 Å². The Labute approximate surface area is 304 Å². The van der Waals surface area contributed by atoms with Gasteiger partial charge >= 0.3 is 0 Å². The molecule has 1 atom stereocenters. The number of amides is 3. The maximum Gasteiger partial charge on any atom is 0.272 e. The van der Waals surface area contributed by atoms with Crippen molar-refractivity contribution >= 4 is 57.7 Å². The van der Waals surface area contributed by atoms with Gasteiger partial charge in [-0.25, -0.2) is 4.98 Å². The largest absolute Gasteiger partial charge is 0.496 e. The van der Waals surface area contributed by atoms with Crippen molar-refractivity contribution in [2.75, 3.05) is 17.7 Å². The molecule has 0 spiro atoms. The molecule has 0 aliphatic rings. The SMILES string of the molecule is COc1ccccc1-c1csc(NC(=O)C(C)Sc2cccc(NC(=O)/C(=C\c3ccc(-c4ccccc4)cc3)NC(=O)c3ccccc3)c2)n1. The van der Waals surface area contributed by atoms with E-state index in [9.17, 15) is 14.4 Å². The summed E-state index contributed by atoms with van der Waals surface area (Å²) in [5.41, 5.74) is 5.44. The number of para-hydroxylation sites is 1. The normalized spacial score (nSPS) is 11.7. The van der Waals surface area contributed by atoms with Crippen molar-refractivity contribution in [2.45, 2.75) is 17.1 Å². The van der Waals surface area contributed by atoms with E-state index in [-0.39, 0.29) is 11.6 Å². The Morgan fingerprint density at radius 3 is 2.22 bits per heavy atom. The fraction of sp³-hybridized carbons (Fsp3) is 0.0732. The molecule has 0 radical (unpaired) electrons. The van der Waals surface area contributed by atoms with Gasteiger partial charge in [0.05, 0.1) is 18.1 Å². The number of hydrogen-bond acceptors (Lipinski definition) is 7. The van der Waals surface area contributed by atoms with Crippen LogP contribution in [0, 0.1) is 0 Å². The van der Waals surface area contributed by atoms with E-state index in [1.54, 1.807) is 55.7 Å². The Balaban J connectivity index is 1.14. The minimum absolute atomic E-state index is 0.0815. The van der Waals surface area contributed by atoms with E-state index in [4.69, 9.17) is 4.74 Å². The second-order valence-corrected chi connectivity index (χ2v) is 13.6. The highest BCUT2D eigenvalue weighted by atomic mass is 32.2. The molecule has 0 aliphatic carbocycles. The zero-order valence-electron chi connectivity index (χ0n) is 27.8. The van der Waals surface area contributed by atoms with Crippen LogP contribution in [-0.2, 0) is 9.59 Å². The van der Waals surface area contributed by atoms with Gasteiger partial charge in [0, 0.05) is 27.1 Å². The van der Waals surface area contributed by atoms with E-state index < -0.39 is 17.1 Å². The molecular weight excluding hydrogens is 677 g/mol. The molecule has 6 aromatic rings. The highest BCUT2D eigenvalue weighted by Gasteiger charge is 2.19. The van der Waals surface area contributed by atoms with E-state index in [0.717, 1.165) is 27.1 Å². The van der Waals surface area contributed by atoms with Crippen LogP contribution in [0.3, 0.4) is 0 Å². The number of ether oxygens (including phenoxy) is 1. The number of thioether (sulfide) groups is 1. The lowest BCUT2D eigenvalue weighted by Gasteiger charge is -2.14. The minimum atomic E-state index is -0.492. The Bertz CT molecular complexity index is 2170. The Morgan fingerprint density at radius 2 is 1.47 bits per heavy atom. The molecule has 254 valence electrons. The van der Waals surface area contributed by atoms with Gasteiger partial charge in [0.2, 0.25) is 5.91 Å². The van der Waals surface area contributed by atoms with Crippen LogP contribution in [0.4, 0.5) is 10.8 Å². The molecule has 0 bridgehead atoms. The van der Waals surface area contributed by atoms with E-state index in [1.807, 2.05) is 103 Å². The number of anilines is 2. The van der Waals surface area contributed by atoms with Crippen LogP contribution >= 0.6 is 23.1 Å². The third kappa shape index (κ3) is 9.18. The monoisotopic (exact) mass is 710 g/mol. The minimum Gasteiger partial charge on any atom is -0.496 e. The summed E-state index contributed by atoms with van der Waals surface area (Å²) in [6.07, 6.45) is 1.65. The average molecular weight is 711 g/mol. The summed E-state index contributed by atoms with van der Waals surface area (Å²) >= 11 is 2.69. The molecule has 0 saturated carbocycles. The van der Waals surface area contributed by atoms with Gasteiger partial charge in [0.1, 0.15) is 11.4 Å². The lowest BCUT2D eigenvalue weighted by molar-refractivity contribution is -0.115. The molecular formula is C41H34N4O4S2. The highest BCUT2D eigenvalue weighted by Crippen LogP contribution is 2.33. The van der Waals surface area contributed by atoms with Crippen molar-refractivity contribution in [1.29, 1.82) is 0 Å². The third-order valence-corrected chi connectivity index (χ3v) is 9.60. The molecule has 6 rings (SSSR count). The predicted molar refractivity (Wildman–Crippen MR) is 207 cm³/mol. The van der Waals surface area contributed by atoms with Crippen molar-refractivity contribution in [3.05, 3.63) is 156 Å². The average Bonchev–Trinajstić information content (AvgIpc) is 3.63. The number of hydrogen-bond donors (Lipinski definition) is 3. The Kier molecular flexibility index (Phi) is 11.4. The van der Waals surface area contributed by atoms with Crippen molar-refractivity contribution in [3.8, 4) is 28.1 Å². The number of benzene rings is 5. The van der Waals surface area contributed by atoms with Crippen molar-refractivity contribution in [2.24, 2.45) is 0 Å². The molecule has 0 fully saturated rings. The van der Waals surface area contributed by atoms with Gasteiger partial charge in [0.25, 0.3) is 11.8 Å². The van der Waals surface area contributed by atoms with Gasteiger partial charge in [-0.3, -0.25) is 14.4 Å². The number of nitrogens with zero attached hydrogens (tertiary/aromatic N) is 1. The van der Waals surface area contributed by atoms with Crippen LogP contribution in [0.25, 0.3) is 28.5 Å². The molecule has 8 nitrogen and oxygen atoms in total. The van der Waals surface area contributed by atoms with Crippen molar-refractivity contribution < 1.29 is 19.1 Å². The molecule has 10 heteroatoms. The van der Waals surface area contributed by atoms with Crippen LogP contribution in [0.1, 0.15) is 22.8 Å². The third-order valence-electron chi connectivity index (χ3n) is 7.75. The predicted octanol–water partition coefficient (Wildman–Crippen LogP) is 9.01. The first-order valence-corrected chi connectivity index (χ1v) is 17.8. The number of rotatable bonds is 12. The number of methoxy groups -OCH3 is 1. The molecule has 3 amide bonds. The topological polar surface area (TPSA) is 109 Å². The number of carbonyl (C=O) groups excluding carboxylic acids is 3. The fourth-order valence-corrected chi connectivity index (χ4v) is 6.77. The van der Waals surface area contributed by atoms with Gasteiger partial charge < -0.3 is 20.7 Å². The number of nitrogens with one attached hydrogen (secondary N) is 3. The smallest absolute Gasteiger partial charge is 0.272 e. The van der Waals surface area contributed by atoms with Gasteiger partial charge in [-0.2, -0.15) is 0 Å². The van der Waals surface area contributed by atoms with Crippen LogP contribution in [0.5, 0.6) is 5.75 Å². The summed E-state index contributed by atoms with van der Waals surface area (Å²) in [6.45, 7) is 1.81. The standard InChI is InChI=1S/C41H34N4O4S2/c1-27(38(46)45-41-44-36(26-50-41)34-18-9-10-19-37(34)49-2)51-33-17-11-16-32(25-33)42-40(48)35(43-39(47)31-14-7-4-8-15-31)24-28-20-22-30(23-21-28)29-12-5-3-6-13-29/h3-27H,1-2H3,(H,42,48)(H,43,47)(H,44,45,46)/b35-24+. The van der Waals surface area contributed by atoms with Crippen LogP contribution in [0.15, 0.2) is 149 Å². The molecule has 51 heavy (non-hydrogen) atoms. The first-order valence-electron chi connectivity index (χ1n) is 16.1. The lowest BCUT2D eigenvalue weighted by atomic mass is 10.0. The van der Waals surface area contributed by atoms with Crippen LogP contribution < -0.4 is 20.7 Å². The maximum absolute atomic E-state index is 13.7. The number of carbonyl (C=O) groups is 3. The van der Waals surface area contributed by atoms with Crippen LogP contribution in [-0.4, -0.2) is 35.1 Å². The Morgan fingerprint density at radius 1 is 0.784 bits per heavy atom. The zero-order chi connectivity index (χ0) is 35.6. The summed E-state index contributed by atoms with van der Waals surface area (Å²) in [6, 6.07) is 41.3. The summed E-state index contributed by atoms with van der Waals surface area (Å²) < 4.78 is 5.45. The zero-order valence-corrected chi connectivity index (χ0v) is 29.5. The van der Waals surface area contributed by atoms with Gasteiger partial charge in [-0.1, -0.05) is 91.0 Å². The summed E-state index contributed by atoms with van der Waals surface area (Å²) in [7, 11) is 1.61. The summed E-state index contributed by atoms with van der Waals surface area (Å²) in [4.78, 5) is 45.3. The van der Waals surface area contributed by atoms with Gasteiger partial charge in [-0.05, 0) is 72.2 Å². The molecule has 5 aromatic carbocycles. The summed E-state index contributed by atoms with van der Waals surface area (Å²) in [5, 5.41) is 10.5. The second kappa shape index (κ2) is 16.6. The van der Waals surface area contributed by atoms with Crippen molar-refractivity contribution in [3.63, 3.8) is 0 Å². The molecule has 3 N–H and O–H groups in total. The van der Waals surface area contributed by atoms with Crippen molar-refractivity contribution in [1.82, 2.24) is 10.3 Å². The number of thiazole rings is 1.